The molecule has 1 aromatic rings. The summed E-state index contributed by atoms with van der Waals surface area (Å²) in [6.45, 7) is 3.53. The van der Waals surface area contributed by atoms with Crippen LogP contribution in [0.15, 0.2) is 30.3 Å². The van der Waals surface area contributed by atoms with Gasteiger partial charge in [0.1, 0.15) is 6.61 Å². The molecule has 102 valence electrons. The zero-order valence-corrected chi connectivity index (χ0v) is 11.0. The third kappa shape index (κ3) is 2.80. The van der Waals surface area contributed by atoms with Crippen LogP contribution < -0.4 is 5.32 Å². The number of fused-ring (bicyclic) bond motifs is 1. The highest BCUT2D eigenvalue weighted by atomic mass is 16.5. The number of carbonyl (C=O) groups is 1. The van der Waals surface area contributed by atoms with Gasteiger partial charge in [-0.05, 0) is 18.5 Å². The molecule has 4 heteroatoms. The summed E-state index contributed by atoms with van der Waals surface area (Å²) >= 11 is 0. The molecule has 4 nitrogen and oxygen atoms in total. The number of ether oxygens (including phenoxy) is 1. The van der Waals surface area contributed by atoms with Crippen LogP contribution in [0.25, 0.3) is 0 Å². The zero-order chi connectivity index (χ0) is 13.1. The maximum atomic E-state index is 12.2. The first kappa shape index (κ1) is 12.6. The molecule has 0 bridgehead atoms. The average molecular weight is 260 g/mol. The van der Waals surface area contributed by atoms with Crippen molar-refractivity contribution >= 4 is 5.91 Å². The Balaban J connectivity index is 1.80. The van der Waals surface area contributed by atoms with E-state index in [4.69, 9.17) is 4.74 Å². The minimum atomic E-state index is 0.111. The Kier molecular flexibility index (Phi) is 3.80. The van der Waals surface area contributed by atoms with E-state index in [-0.39, 0.29) is 18.6 Å². The molecule has 1 aromatic carbocycles. The van der Waals surface area contributed by atoms with Crippen LogP contribution in [0.1, 0.15) is 12.0 Å². The van der Waals surface area contributed by atoms with Crippen LogP contribution in [-0.2, 0) is 16.1 Å². The first-order chi connectivity index (χ1) is 9.34. The predicted molar refractivity (Wildman–Crippen MR) is 72.6 cm³/mol. The Bertz CT molecular complexity index is 435. The summed E-state index contributed by atoms with van der Waals surface area (Å²) in [6.07, 6.45) is 1.09. The van der Waals surface area contributed by atoms with Gasteiger partial charge in [-0.25, -0.2) is 0 Å². The van der Waals surface area contributed by atoms with Crippen molar-refractivity contribution in [1.82, 2.24) is 10.2 Å². The van der Waals surface area contributed by atoms with Crippen LogP contribution >= 0.6 is 0 Å². The second-order valence-corrected chi connectivity index (χ2v) is 5.34. The first-order valence-electron chi connectivity index (χ1n) is 6.96. The number of rotatable bonds is 2. The number of piperidine rings is 1. The normalized spacial score (nSPS) is 27.8. The van der Waals surface area contributed by atoms with E-state index < -0.39 is 0 Å². The number of nitrogens with zero attached hydrogens (tertiary/aromatic N) is 1. The first-order valence-corrected chi connectivity index (χ1v) is 6.96. The molecular formula is C15H20N2O2. The lowest BCUT2D eigenvalue weighted by Gasteiger charge is -2.37. The highest BCUT2D eigenvalue weighted by Crippen LogP contribution is 2.23. The summed E-state index contributed by atoms with van der Waals surface area (Å²) < 4.78 is 5.53. The van der Waals surface area contributed by atoms with Crippen molar-refractivity contribution < 1.29 is 9.53 Å². The van der Waals surface area contributed by atoms with Crippen LogP contribution in [0.2, 0.25) is 0 Å². The highest BCUT2D eigenvalue weighted by Gasteiger charge is 2.35. The molecule has 2 aliphatic rings. The van der Waals surface area contributed by atoms with Gasteiger partial charge in [0.15, 0.2) is 0 Å². The fraction of sp³-hybridized carbons (Fsp3) is 0.533. The minimum Gasteiger partial charge on any atom is -0.371 e. The molecular weight excluding hydrogens is 240 g/mol. The smallest absolute Gasteiger partial charge is 0.249 e. The number of carbonyl (C=O) groups excluding carboxylic acids is 1. The lowest BCUT2D eigenvalue weighted by atomic mass is 9.92. The predicted octanol–water partition coefficient (Wildman–Crippen LogP) is 1.02. The van der Waals surface area contributed by atoms with Gasteiger partial charge in [-0.15, -0.1) is 0 Å². The van der Waals surface area contributed by atoms with Crippen molar-refractivity contribution in [2.24, 2.45) is 5.92 Å². The van der Waals surface area contributed by atoms with Crippen LogP contribution in [0.3, 0.4) is 0 Å². The standard InChI is InChI=1S/C15H20N2O2/c18-15-11-19-10-13-6-7-16-8-14(13)17(15)9-12-4-2-1-3-5-12/h1-5,13-14,16H,6-11H2/t13-,14-/m1/s1. The summed E-state index contributed by atoms with van der Waals surface area (Å²) in [4.78, 5) is 14.2. The lowest BCUT2D eigenvalue weighted by molar-refractivity contribution is -0.136. The summed E-state index contributed by atoms with van der Waals surface area (Å²) in [5.41, 5.74) is 1.18. The minimum absolute atomic E-state index is 0.111. The van der Waals surface area contributed by atoms with Gasteiger partial charge in [0.2, 0.25) is 5.91 Å². The average Bonchev–Trinajstić information content (AvgIpc) is 2.61. The molecule has 2 fully saturated rings. The largest absolute Gasteiger partial charge is 0.371 e. The van der Waals surface area contributed by atoms with Crippen molar-refractivity contribution in [3.05, 3.63) is 35.9 Å². The third-order valence-corrected chi connectivity index (χ3v) is 4.06. The summed E-state index contributed by atoms with van der Waals surface area (Å²) in [6, 6.07) is 10.5. The van der Waals surface area contributed by atoms with Gasteiger partial charge in [0, 0.05) is 25.0 Å². The maximum Gasteiger partial charge on any atom is 0.249 e. The van der Waals surface area contributed by atoms with Crippen molar-refractivity contribution in [1.29, 1.82) is 0 Å². The number of benzene rings is 1. The molecule has 0 aromatic heterocycles. The van der Waals surface area contributed by atoms with Crippen molar-refractivity contribution in [2.45, 2.75) is 19.0 Å². The van der Waals surface area contributed by atoms with Gasteiger partial charge >= 0.3 is 0 Å². The van der Waals surface area contributed by atoms with E-state index in [1.54, 1.807) is 0 Å². The Hall–Kier alpha value is -1.39. The number of nitrogens with one attached hydrogen (secondary N) is 1. The van der Waals surface area contributed by atoms with Gasteiger partial charge in [0.25, 0.3) is 0 Å². The fourth-order valence-electron chi connectivity index (χ4n) is 3.01. The molecule has 2 aliphatic heterocycles. The molecule has 0 aliphatic carbocycles. The van der Waals surface area contributed by atoms with Crippen LogP contribution in [0.4, 0.5) is 0 Å². The van der Waals surface area contributed by atoms with E-state index in [1.165, 1.54) is 5.56 Å². The second-order valence-electron chi connectivity index (χ2n) is 5.34. The lowest BCUT2D eigenvalue weighted by Crippen LogP contribution is -2.52. The molecule has 0 spiro atoms. The monoisotopic (exact) mass is 260 g/mol. The molecule has 3 rings (SSSR count). The molecule has 19 heavy (non-hydrogen) atoms. The number of amides is 1. The number of hydrogen-bond acceptors (Lipinski definition) is 3. The van der Waals surface area contributed by atoms with Crippen molar-refractivity contribution in [2.75, 3.05) is 26.3 Å². The summed E-state index contributed by atoms with van der Waals surface area (Å²) in [7, 11) is 0. The van der Waals surface area contributed by atoms with E-state index in [2.05, 4.69) is 17.4 Å². The van der Waals surface area contributed by atoms with E-state index in [0.717, 1.165) is 19.5 Å². The zero-order valence-electron chi connectivity index (χ0n) is 11.0. The third-order valence-electron chi connectivity index (χ3n) is 4.06. The van der Waals surface area contributed by atoms with Crippen molar-refractivity contribution in [3.8, 4) is 0 Å². The molecule has 2 atom stereocenters. The molecule has 0 saturated carbocycles. The van der Waals surface area contributed by atoms with Crippen LogP contribution in [0.5, 0.6) is 0 Å². The Morgan fingerprint density at radius 2 is 2.16 bits per heavy atom. The van der Waals surface area contributed by atoms with Crippen LogP contribution in [-0.4, -0.2) is 43.2 Å². The van der Waals surface area contributed by atoms with Gasteiger partial charge in [-0.1, -0.05) is 30.3 Å². The van der Waals surface area contributed by atoms with E-state index >= 15 is 0 Å². The Labute approximate surface area is 113 Å². The Morgan fingerprint density at radius 1 is 1.32 bits per heavy atom. The van der Waals surface area contributed by atoms with Crippen molar-refractivity contribution in [3.63, 3.8) is 0 Å². The summed E-state index contributed by atoms with van der Waals surface area (Å²) in [5, 5.41) is 3.40. The molecule has 2 heterocycles. The molecule has 0 radical (unpaired) electrons. The molecule has 0 unspecified atom stereocenters. The SMILES string of the molecule is O=C1COC[C@H]2CCNC[C@H]2N1Cc1ccccc1. The maximum absolute atomic E-state index is 12.2. The Morgan fingerprint density at radius 3 is 3.00 bits per heavy atom. The highest BCUT2D eigenvalue weighted by molar-refractivity contribution is 5.78. The molecule has 1 N–H and O–H groups in total. The fourth-order valence-corrected chi connectivity index (χ4v) is 3.01. The van der Waals surface area contributed by atoms with E-state index in [9.17, 15) is 4.79 Å². The van der Waals surface area contributed by atoms with Gasteiger partial charge in [0.05, 0.1) is 6.61 Å². The number of hydrogen-bond donors (Lipinski definition) is 1. The van der Waals surface area contributed by atoms with E-state index in [1.807, 2.05) is 23.1 Å². The van der Waals surface area contributed by atoms with Gasteiger partial charge in [-0.2, -0.15) is 0 Å². The van der Waals surface area contributed by atoms with Gasteiger partial charge in [-0.3, -0.25) is 4.79 Å². The molecule has 1 amide bonds. The molecule has 2 saturated heterocycles. The second kappa shape index (κ2) is 5.72. The van der Waals surface area contributed by atoms with E-state index in [0.29, 0.717) is 19.1 Å². The quantitative estimate of drug-likeness (QED) is 0.863. The topological polar surface area (TPSA) is 41.6 Å². The van der Waals surface area contributed by atoms with Crippen LogP contribution in [0, 0.1) is 5.92 Å². The summed E-state index contributed by atoms with van der Waals surface area (Å²) in [5.74, 6) is 0.580. The van der Waals surface area contributed by atoms with Gasteiger partial charge < -0.3 is 15.0 Å².